The average molecular weight is 603 g/mol. The summed E-state index contributed by atoms with van der Waals surface area (Å²) < 4.78 is 0. The Morgan fingerprint density at radius 1 is 0.571 bits per heavy atom. The van der Waals surface area contributed by atoms with Crippen LogP contribution in [0.5, 0.6) is 0 Å². The quantitative estimate of drug-likeness (QED) is 0.163. The van der Waals surface area contributed by atoms with E-state index in [2.05, 4.69) is 9.68 Å². The van der Waals surface area contributed by atoms with Crippen molar-refractivity contribution in [3.63, 3.8) is 0 Å². The van der Waals surface area contributed by atoms with Crippen molar-refractivity contribution in [1.29, 1.82) is 0 Å². The summed E-state index contributed by atoms with van der Waals surface area (Å²) in [7, 11) is 2.81. The Balaban J connectivity index is 0.000000400. The monoisotopic (exact) mass is 603 g/mol. The van der Waals surface area contributed by atoms with E-state index in [0.29, 0.717) is 10.1 Å². The number of hydrogen-bond acceptors (Lipinski definition) is 15. The molecule has 0 spiro atoms. The molecule has 232 valence electrons. The van der Waals surface area contributed by atoms with Crippen LogP contribution in [0.15, 0.2) is 0 Å². The number of hydroxylamine groups is 6. The minimum atomic E-state index is -1.02. The van der Waals surface area contributed by atoms with Gasteiger partial charge in [0.25, 0.3) is 35.4 Å². The van der Waals surface area contributed by atoms with E-state index in [4.69, 9.17) is 15.4 Å². The molecule has 0 radical (unpaired) electrons. The van der Waals surface area contributed by atoms with Crippen LogP contribution < -0.4 is 0 Å². The molecule has 0 aromatic carbocycles. The molecule has 20 nitrogen and oxygen atoms in total. The molecule has 6 amide bonds. The van der Waals surface area contributed by atoms with Crippen molar-refractivity contribution in [2.45, 2.75) is 38.5 Å². The molecule has 20 heteroatoms. The molecule has 3 aliphatic rings. The van der Waals surface area contributed by atoms with Gasteiger partial charge in [-0.15, -0.1) is 10.1 Å². The minimum Gasteiger partial charge on any atom is -0.480 e. The predicted octanol–water partition coefficient (Wildman–Crippen LogP) is -3.26. The zero-order valence-electron chi connectivity index (χ0n) is 22.5. The molecule has 0 aromatic rings. The van der Waals surface area contributed by atoms with Gasteiger partial charge in [0, 0.05) is 38.5 Å². The van der Waals surface area contributed by atoms with Gasteiger partial charge in [0.2, 0.25) is 0 Å². The largest absolute Gasteiger partial charge is 0.480 e. The fourth-order valence-electron chi connectivity index (χ4n) is 3.16. The number of nitrogens with zero attached hydrogens (tertiary/aromatic N) is 5. The highest BCUT2D eigenvalue weighted by Gasteiger charge is 2.34. The van der Waals surface area contributed by atoms with Crippen LogP contribution in [-0.4, -0.2) is 140 Å². The molecule has 3 aliphatic heterocycles. The van der Waals surface area contributed by atoms with Gasteiger partial charge in [-0.2, -0.15) is 5.06 Å². The van der Waals surface area contributed by atoms with Crippen LogP contribution >= 0.6 is 0 Å². The van der Waals surface area contributed by atoms with E-state index in [1.807, 2.05) is 0 Å². The SMILES string of the molecule is CN(CC(=O)O)CC(=O)O.CN(CC(=O)ON1C(=O)CCC1=O)CC(=O)ON1C(=O)CCC1=O.O=C1CCC(=O)N1O. The van der Waals surface area contributed by atoms with Gasteiger partial charge < -0.3 is 19.9 Å². The topological polar surface area (TPSA) is 266 Å². The van der Waals surface area contributed by atoms with Gasteiger partial charge in [0.1, 0.15) is 0 Å². The zero-order valence-corrected chi connectivity index (χ0v) is 22.5. The predicted molar refractivity (Wildman–Crippen MR) is 127 cm³/mol. The lowest BCUT2D eigenvalue weighted by molar-refractivity contribution is -0.200. The lowest BCUT2D eigenvalue weighted by Gasteiger charge is -2.18. The van der Waals surface area contributed by atoms with E-state index >= 15 is 0 Å². The molecule has 3 heterocycles. The van der Waals surface area contributed by atoms with Crippen molar-refractivity contribution in [3.05, 3.63) is 0 Å². The fraction of sp³-hybridized carbons (Fsp3) is 0.545. The maximum atomic E-state index is 11.6. The third-order valence-electron chi connectivity index (χ3n) is 5.03. The van der Waals surface area contributed by atoms with Gasteiger partial charge in [-0.05, 0) is 14.1 Å². The molecule has 0 atom stereocenters. The third-order valence-corrected chi connectivity index (χ3v) is 5.03. The Morgan fingerprint density at radius 2 is 0.833 bits per heavy atom. The van der Waals surface area contributed by atoms with Crippen molar-refractivity contribution in [2.24, 2.45) is 0 Å². The van der Waals surface area contributed by atoms with Crippen LogP contribution in [0, 0.1) is 0 Å². The second-order valence-electron chi connectivity index (χ2n) is 8.82. The van der Waals surface area contributed by atoms with Gasteiger partial charge in [-0.3, -0.25) is 53.4 Å². The summed E-state index contributed by atoms with van der Waals surface area (Å²) in [6.45, 7) is -1.30. The third kappa shape index (κ3) is 12.1. The Bertz CT molecular complexity index is 1020. The average Bonchev–Trinajstić information content (AvgIpc) is 3.46. The molecule has 42 heavy (non-hydrogen) atoms. The maximum Gasteiger partial charge on any atom is 0.347 e. The van der Waals surface area contributed by atoms with E-state index < -0.39 is 72.4 Å². The smallest absolute Gasteiger partial charge is 0.347 e. The van der Waals surface area contributed by atoms with Gasteiger partial charge >= 0.3 is 23.9 Å². The summed E-state index contributed by atoms with van der Waals surface area (Å²) in [4.78, 5) is 121. The second-order valence-corrected chi connectivity index (χ2v) is 8.82. The molecule has 3 saturated heterocycles. The lowest BCUT2D eigenvalue weighted by atomic mass is 10.4. The summed E-state index contributed by atoms with van der Waals surface area (Å²) >= 11 is 0. The van der Waals surface area contributed by atoms with Crippen molar-refractivity contribution in [1.82, 2.24) is 25.0 Å². The summed E-state index contributed by atoms with van der Waals surface area (Å²) in [5.41, 5.74) is 0. The van der Waals surface area contributed by atoms with Gasteiger partial charge in [0.15, 0.2) is 0 Å². The number of likely N-dealkylation sites (N-methyl/N-ethyl adjacent to an activating group) is 2. The summed E-state index contributed by atoms with van der Waals surface area (Å²) in [6.07, 6.45) is 0.210. The number of rotatable bonds is 10. The van der Waals surface area contributed by atoms with Gasteiger partial charge in [0.05, 0.1) is 26.2 Å². The van der Waals surface area contributed by atoms with E-state index in [0.717, 1.165) is 0 Å². The molecule has 0 aromatic heterocycles. The molecule has 0 saturated carbocycles. The van der Waals surface area contributed by atoms with Gasteiger partial charge in [-0.1, -0.05) is 0 Å². The molecule has 3 rings (SSSR count). The van der Waals surface area contributed by atoms with E-state index in [1.54, 1.807) is 0 Å². The van der Waals surface area contributed by atoms with Crippen molar-refractivity contribution < 1.29 is 73.0 Å². The van der Waals surface area contributed by atoms with Crippen LogP contribution in [0.25, 0.3) is 0 Å². The first kappa shape index (κ1) is 35.2. The summed E-state index contributed by atoms with van der Waals surface area (Å²) in [5.74, 6) is -7.33. The van der Waals surface area contributed by atoms with Crippen LogP contribution in [-0.2, 0) is 57.6 Å². The van der Waals surface area contributed by atoms with Crippen LogP contribution in [0.1, 0.15) is 38.5 Å². The van der Waals surface area contributed by atoms with Crippen LogP contribution in [0.4, 0.5) is 0 Å². The Labute approximate surface area is 236 Å². The molecule has 3 N–H and O–H groups in total. The second kappa shape index (κ2) is 16.4. The number of hydrogen-bond donors (Lipinski definition) is 3. The Kier molecular flexibility index (Phi) is 13.8. The van der Waals surface area contributed by atoms with E-state index in [-0.39, 0.29) is 56.7 Å². The highest BCUT2D eigenvalue weighted by Crippen LogP contribution is 2.13. The molecular formula is C22H29N5O15. The number of carbonyl (C=O) groups is 10. The summed E-state index contributed by atoms with van der Waals surface area (Å²) in [6, 6.07) is 0. The molecule has 3 fully saturated rings. The Morgan fingerprint density at radius 3 is 1.07 bits per heavy atom. The number of imide groups is 3. The standard InChI is InChI=1S/C13H15N3O8.C5H9NO4.C4H5NO3/c1-14(6-12(21)23-15-8(17)2-3-9(15)18)7-13(22)24-16-10(19)4-5-11(16)20;1-6(2-4(7)8)3-5(9)10;6-3-1-2-4(7)5(3)8/h2-7H2,1H3;2-3H2,1H3,(H,7,8)(H,9,10);8H,1-2H2. The fourth-order valence-corrected chi connectivity index (χ4v) is 3.16. The van der Waals surface area contributed by atoms with Crippen molar-refractivity contribution in [3.8, 4) is 0 Å². The lowest BCUT2D eigenvalue weighted by Crippen LogP contribution is -2.40. The molecular weight excluding hydrogens is 574 g/mol. The normalized spacial score (nSPS) is 16.5. The zero-order chi connectivity index (χ0) is 32.1. The first-order valence-corrected chi connectivity index (χ1v) is 12.0. The number of amides is 6. The van der Waals surface area contributed by atoms with Crippen molar-refractivity contribution >= 4 is 59.3 Å². The minimum absolute atomic E-state index is 0.0217. The molecule has 0 bridgehead atoms. The first-order chi connectivity index (χ1) is 19.5. The Hall–Kier alpha value is -4.82. The van der Waals surface area contributed by atoms with Crippen molar-refractivity contribution in [2.75, 3.05) is 40.3 Å². The summed E-state index contributed by atoms with van der Waals surface area (Å²) in [5, 5.41) is 25.7. The van der Waals surface area contributed by atoms with Crippen LogP contribution in [0.3, 0.4) is 0 Å². The number of aliphatic carboxylic acids is 2. The van der Waals surface area contributed by atoms with Crippen LogP contribution in [0.2, 0.25) is 0 Å². The highest BCUT2D eigenvalue weighted by atomic mass is 16.7. The molecule has 0 aliphatic carbocycles. The van der Waals surface area contributed by atoms with E-state index in [9.17, 15) is 47.9 Å². The number of carboxylic acid groups (broad SMARTS) is 2. The van der Waals surface area contributed by atoms with E-state index in [1.165, 1.54) is 23.9 Å². The maximum absolute atomic E-state index is 11.6. The van der Waals surface area contributed by atoms with Gasteiger partial charge in [-0.25, -0.2) is 9.59 Å². The number of carbonyl (C=O) groups excluding carboxylic acids is 8. The highest BCUT2D eigenvalue weighted by molar-refractivity contribution is 6.02. The first-order valence-electron chi connectivity index (χ1n) is 12.0. The molecule has 0 unspecified atom stereocenters. The number of carboxylic acids is 2.